The largest absolute Gasteiger partial charge is 0.455 e. The van der Waals surface area contributed by atoms with E-state index >= 15 is 0 Å². The summed E-state index contributed by atoms with van der Waals surface area (Å²) in [5.41, 5.74) is 0.279. The maximum Gasteiger partial charge on any atom is 0.317 e. The summed E-state index contributed by atoms with van der Waals surface area (Å²) in [6.07, 6.45) is 2.58. The normalized spacial score (nSPS) is 14.8. The molecule has 1 fully saturated rings. The molecule has 3 rings (SSSR count). The number of halogens is 1. The molecule has 6 nitrogen and oxygen atoms in total. The number of esters is 1. The van der Waals surface area contributed by atoms with Crippen molar-refractivity contribution < 1.29 is 23.5 Å². The van der Waals surface area contributed by atoms with Crippen LogP contribution in [0.5, 0.6) is 0 Å². The summed E-state index contributed by atoms with van der Waals surface area (Å²) in [7, 11) is 0. The molecule has 1 aliphatic carbocycles. The molecule has 0 saturated heterocycles. The Bertz CT molecular complexity index is 923. The van der Waals surface area contributed by atoms with Crippen molar-refractivity contribution in [1.82, 2.24) is 0 Å². The third-order valence-corrected chi connectivity index (χ3v) is 5.04. The minimum atomic E-state index is -1.04. The molecule has 2 aromatic carbocycles. The van der Waals surface area contributed by atoms with Crippen LogP contribution in [0.4, 0.5) is 15.8 Å². The summed E-state index contributed by atoms with van der Waals surface area (Å²) >= 11 is 0. The average Bonchev–Trinajstić information content (AvgIpc) is 3.17. The van der Waals surface area contributed by atoms with E-state index in [1.165, 1.54) is 13.0 Å². The highest BCUT2D eigenvalue weighted by Gasteiger charge is 2.45. The first-order valence-electron chi connectivity index (χ1n) is 9.50. The lowest BCUT2D eigenvalue weighted by molar-refractivity contribution is -0.153. The Morgan fingerprint density at radius 2 is 1.66 bits per heavy atom. The molecular weight excluding hydrogens is 375 g/mol. The van der Waals surface area contributed by atoms with Crippen molar-refractivity contribution in [2.45, 2.75) is 38.0 Å². The van der Waals surface area contributed by atoms with E-state index in [9.17, 15) is 18.8 Å². The van der Waals surface area contributed by atoms with E-state index < -0.39 is 29.7 Å². The maximum absolute atomic E-state index is 14.3. The highest BCUT2D eigenvalue weighted by molar-refractivity contribution is 5.95. The van der Waals surface area contributed by atoms with Crippen LogP contribution >= 0.6 is 0 Å². The van der Waals surface area contributed by atoms with Crippen molar-refractivity contribution in [3.05, 3.63) is 59.9 Å². The van der Waals surface area contributed by atoms with Crippen LogP contribution in [-0.2, 0) is 24.5 Å². The second kappa shape index (κ2) is 8.86. The molecule has 0 aliphatic heterocycles. The van der Waals surface area contributed by atoms with E-state index in [1.54, 1.807) is 42.5 Å². The van der Waals surface area contributed by atoms with Gasteiger partial charge in [0.1, 0.15) is 5.82 Å². The number of hydrogen-bond donors (Lipinski definition) is 2. The van der Waals surface area contributed by atoms with Crippen LogP contribution in [0.25, 0.3) is 0 Å². The molecule has 0 heterocycles. The summed E-state index contributed by atoms with van der Waals surface area (Å²) in [6.45, 7) is 0.915. The van der Waals surface area contributed by atoms with Crippen molar-refractivity contribution in [2.75, 3.05) is 17.2 Å². The molecule has 7 heteroatoms. The Kier molecular flexibility index (Phi) is 6.26. The number of amides is 2. The Labute approximate surface area is 168 Å². The molecule has 1 saturated carbocycles. The quantitative estimate of drug-likeness (QED) is 0.726. The van der Waals surface area contributed by atoms with Crippen LogP contribution in [0.2, 0.25) is 0 Å². The van der Waals surface area contributed by atoms with Gasteiger partial charge in [-0.1, -0.05) is 37.1 Å². The smallest absolute Gasteiger partial charge is 0.317 e. The lowest BCUT2D eigenvalue weighted by atomic mass is 9.78. The minimum Gasteiger partial charge on any atom is -0.455 e. The highest BCUT2D eigenvalue weighted by atomic mass is 19.1. The van der Waals surface area contributed by atoms with E-state index in [0.29, 0.717) is 29.8 Å². The van der Waals surface area contributed by atoms with Gasteiger partial charge in [0.15, 0.2) is 6.61 Å². The Balaban J connectivity index is 1.64. The first kappa shape index (κ1) is 20.5. The number of rotatable bonds is 6. The third-order valence-electron chi connectivity index (χ3n) is 5.04. The van der Waals surface area contributed by atoms with Gasteiger partial charge in [0.05, 0.1) is 5.41 Å². The number of benzene rings is 2. The molecule has 2 amide bonds. The van der Waals surface area contributed by atoms with Crippen molar-refractivity contribution in [2.24, 2.45) is 0 Å². The van der Waals surface area contributed by atoms with Crippen molar-refractivity contribution in [3.8, 4) is 0 Å². The molecule has 0 unspecified atom stereocenters. The standard InChI is InChI=1S/C22H23FN2O4/c1-15(26)24-16-7-6-8-17(13-16)25-20(27)14-29-21(28)22(11-4-5-12-22)18-9-2-3-10-19(18)23/h2-3,6-10,13H,4-5,11-12,14H2,1H3,(H,24,26)(H,25,27). The molecule has 2 aromatic rings. The predicted molar refractivity (Wildman–Crippen MR) is 107 cm³/mol. The van der Waals surface area contributed by atoms with E-state index in [-0.39, 0.29) is 5.91 Å². The van der Waals surface area contributed by atoms with E-state index in [4.69, 9.17) is 4.74 Å². The second-order valence-electron chi connectivity index (χ2n) is 7.16. The Hall–Kier alpha value is -3.22. The zero-order valence-corrected chi connectivity index (χ0v) is 16.2. The molecule has 1 aliphatic rings. The lowest BCUT2D eigenvalue weighted by Gasteiger charge is -2.27. The fraction of sp³-hybridized carbons (Fsp3) is 0.318. The molecule has 0 bridgehead atoms. The zero-order chi connectivity index (χ0) is 20.9. The van der Waals surface area contributed by atoms with E-state index in [2.05, 4.69) is 10.6 Å². The molecule has 29 heavy (non-hydrogen) atoms. The van der Waals surface area contributed by atoms with E-state index in [1.807, 2.05) is 0 Å². The van der Waals surface area contributed by atoms with Gasteiger partial charge < -0.3 is 15.4 Å². The van der Waals surface area contributed by atoms with Crippen molar-refractivity contribution in [3.63, 3.8) is 0 Å². The minimum absolute atomic E-state index is 0.225. The molecule has 0 spiro atoms. The maximum atomic E-state index is 14.3. The third kappa shape index (κ3) is 4.80. The summed E-state index contributed by atoms with van der Waals surface area (Å²) in [5.74, 6) is -1.76. The average molecular weight is 398 g/mol. The van der Waals surface area contributed by atoms with Crippen LogP contribution in [0, 0.1) is 5.82 Å². The summed E-state index contributed by atoms with van der Waals surface area (Å²) in [4.78, 5) is 36.2. The molecule has 2 N–H and O–H groups in total. The van der Waals surface area contributed by atoms with Gasteiger partial charge in [-0.15, -0.1) is 0 Å². The summed E-state index contributed by atoms with van der Waals surface area (Å²) in [5, 5.41) is 5.25. The zero-order valence-electron chi connectivity index (χ0n) is 16.2. The van der Waals surface area contributed by atoms with Crippen LogP contribution in [-0.4, -0.2) is 24.4 Å². The number of carbonyl (C=O) groups excluding carboxylic acids is 3. The summed E-state index contributed by atoms with van der Waals surface area (Å²) in [6, 6.07) is 12.8. The fourth-order valence-corrected chi connectivity index (χ4v) is 3.76. The number of ether oxygens (including phenoxy) is 1. The summed E-state index contributed by atoms with van der Waals surface area (Å²) < 4.78 is 19.6. The van der Waals surface area contributed by atoms with Gasteiger partial charge in [-0.3, -0.25) is 14.4 Å². The topological polar surface area (TPSA) is 84.5 Å². The molecular formula is C22H23FN2O4. The molecule has 0 aromatic heterocycles. The first-order valence-corrected chi connectivity index (χ1v) is 9.50. The van der Waals surface area contributed by atoms with Gasteiger partial charge in [0.25, 0.3) is 5.91 Å². The van der Waals surface area contributed by atoms with Crippen LogP contribution in [0.15, 0.2) is 48.5 Å². The molecule has 152 valence electrons. The predicted octanol–water partition coefficient (Wildman–Crippen LogP) is 3.78. The number of carbonyl (C=O) groups is 3. The van der Waals surface area contributed by atoms with Gasteiger partial charge in [-0.05, 0) is 37.1 Å². The van der Waals surface area contributed by atoms with Crippen LogP contribution in [0.1, 0.15) is 38.2 Å². The van der Waals surface area contributed by atoms with Crippen LogP contribution < -0.4 is 10.6 Å². The van der Waals surface area contributed by atoms with E-state index in [0.717, 1.165) is 12.8 Å². The Morgan fingerprint density at radius 1 is 1.00 bits per heavy atom. The van der Waals surface area contributed by atoms with Crippen LogP contribution in [0.3, 0.4) is 0 Å². The van der Waals surface area contributed by atoms with Crippen molar-refractivity contribution in [1.29, 1.82) is 0 Å². The van der Waals surface area contributed by atoms with Gasteiger partial charge in [0, 0.05) is 23.9 Å². The highest BCUT2D eigenvalue weighted by Crippen LogP contribution is 2.43. The van der Waals surface area contributed by atoms with Crippen molar-refractivity contribution >= 4 is 29.2 Å². The Morgan fingerprint density at radius 3 is 2.31 bits per heavy atom. The SMILES string of the molecule is CC(=O)Nc1cccc(NC(=O)COC(=O)C2(c3ccccc3F)CCCC2)c1. The lowest BCUT2D eigenvalue weighted by Crippen LogP contribution is -2.37. The number of anilines is 2. The van der Waals surface area contributed by atoms with Gasteiger partial charge in [-0.2, -0.15) is 0 Å². The number of hydrogen-bond acceptors (Lipinski definition) is 4. The second-order valence-corrected chi connectivity index (χ2v) is 7.16. The number of nitrogens with one attached hydrogen (secondary N) is 2. The van der Waals surface area contributed by atoms with Gasteiger partial charge in [0.2, 0.25) is 5.91 Å². The monoisotopic (exact) mass is 398 g/mol. The fourth-order valence-electron chi connectivity index (χ4n) is 3.76. The first-order chi connectivity index (χ1) is 13.9. The molecule has 0 radical (unpaired) electrons. The molecule has 0 atom stereocenters. The van der Waals surface area contributed by atoms with Gasteiger partial charge >= 0.3 is 5.97 Å². The van der Waals surface area contributed by atoms with Gasteiger partial charge in [-0.25, -0.2) is 4.39 Å².